The van der Waals surface area contributed by atoms with Gasteiger partial charge in [-0.25, -0.2) is 9.99 Å². The fraction of sp³-hybridized carbons (Fsp3) is 0.467. The summed E-state index contributed by atoms with van der Waals surface area (Å²) in [5.74, 6) is 0. The Morgan fingerprint density at radius 2 is 2.10 bits per heavy atom. The van der Waals surface area contributed by atoms with E-state index in [1.165, 1.54) is 19.3 Å². The van der Waals surface area contributed by atoms with E-state index in [1.54, 1.807) is 23.3 Å². The van der Waals surface area contributed by atoms with Crippen LogP contribution < -0.4 is 0 Å². The first kappa shape index (κ1) is 14.2. The van der Waals surface area contributed by atoms with Crippen molar-refractivity contribution in [2.75, 3.05) is 20.1 Å². The molecule has 1 unspecified atom stereocenters. The fourth-order valence-electron chi connectivity index (χ4n) is 2.66. The van der Waals surface area contributed by atoms with Crippen LogP contribution in [0.2, 0.25) is 0 Å². The molecule has 0 saturated carbocycles. The molecule has 1 aliphatic rings. The number of imidazole rings is 1. The lowest BCUT2D eigenvalue weighted by molar-refractivity contribution is -0.166. The Labute approximate surface area is 124 Å². The predicted molar refractivity (Wildman–Crippen MR) is 79.9 cm³/mol. The van der Waals surface area contributed by atoms with E-state index in [0.717, 1.165) is 24.3 Å². The van der Waals surface area contributed by atoms with Crippen molar-refractivity contribution in [1.29, 1.82) is 0 Å². The predicted octanol–water partition coefficient (Wildman–Crippen LogP) is 1.73. The molecule has 2 aromatic heterocycles. The summed E-state index contributed by atoms with van der Waals surface area (Å²) in [6.07, 6.45) is 9.92. The molecule has 0 spiro atoms. The molecule has 0 aromatic carbocycles. The number of hydrazine groups is 1. The standard InChI is InChI=1S/C15H21N5O/c1-18(20-8-3-2-4-9-20)15(21)19-11-14(17-12-19)13-6-5-7-16-10-13/h5-7,10-12,15,21H,2-4,8-9H2,1H3. The summed E-state index contributed by atoms with van der Waals surface area (Å²) in [6.45, 7) is 2.00. The summed E-state index contributed by atoms with van der Waals surface area (Å²) in [5, 5.41) is 14.6. The van der Waals surface area contributed by atoms with Crippen molar-refractivity contribution in [2.24, 2.45) is 0 Å². The lowest BCUT2D eigenvalue weighted by Gasteiger charge is -2.37. The molecule has 3 rings (SSSR count). The molecule has 1 fully saturated rings. The van der Waals surface area contributed by atoms with Crippen molar-refractivity contribution >= 4 is 0 Å². The Bertz CT molecular complexity index is 564. The van der Waals surface area contributed by atoms with E-state index < -0.39 is 6.35 Å². The molecule has 1 saturated heterocycles. The average molecular weight is 287 g/mol. The van der Waals surface area contributed by atoms with Gasteiger partial charge in [0.25, 0.3) is 0 Å². The van der Waals surface area contributed by atoms with Crippen LogP contribution in [-0.2, 0) is 0 Å². The highest BCUT2D eigenvalue weighted by Crippen LogP contribution is 2.20. The molecule has 3 heterocycles. The minimum Gasteiger partial charge on any atom is -0.359 e. The zero-order valence-electron chi connectivity index (χ0n) is 12.3. The number of hydrogen-bond donors (Lipinski definition) is 1. The van der Waals surface area contributed by atoms with Crippen LogP contribution in [0.4, 0.5) is 0 Å². The van der Waals surface area contributed by atoms with Gasteiger partial charge in [0.05, 0.1) is 12.0 Å². The highest BCUT2D eigenvalue weighted by molar-refractivity contribution is 5.56. The zero-order chi connectivity index (χ0) is 14.7. The second kappa shape index (κ2) is 6.34. The number of hydrogen-bond acceptors (Lipinski definition) is 5. The van der Waals surface area contributed by atoms with Gasteiger partial charge in [-0.3, -0.25) is 9.55 Å². The number of aliphatic hydroxyl groups excluding tert-OH is 1. The van der Waals surface area contributed by atoms with Gasteiger partial charge < -0.3 is 5.11 Å². The van der Waals surface area contributed by atoms with Gasteiger partial charge in [-0.2, -0.15) is 5.01 Å². The van der Waals surface area contributed by atoms with E-state index in [4.69, 9.17) is 0 Å². The molecule has 2 aromatic rings. The van der Waals surface area contributed by atoms with Gasteiger partial charge in [-0.15, -0.1) is 0 Å². The molecule has 6 heteroatoms. The minimum atomic E-state index is -0.735. The third-order valence-corrected chi connectivity index (χ3v) is 3.94. The largest absolute Gasteiger partial charge is 0.359 e. The third-order valence-electron chi connectivity index (χ3n) is 3.94. The molecule has 1 N–H and O–H groups in total. The van der Waals surface area contributed by atoms with Gasteiger partial charge in [-0.1, -0.05) is 6.42 Å². The average Bonchev–Trinajstić information content (AvgIpc) is 3.05. The molecule has 112 valence electrons. The monoisotopic (exact) mass is 287 g/mol. The lowest BCUT2D eigenvalue weighted by Crippen LogP contribution is -2.46. The number of pyridine rings is 1. The second-order valence-corrected chi connectivity index (χ2v) is 5.38. The number of piperidine rings is 1. The molecule has 1 aliphatic heterocycles. The topological polar surface area (TPSA) is 57.4 Å². The Kier molecular flexibility index (Phi) is 4.28. The summed E-state index contributed by atoms with van der Waals surface area (Å²) >= 11 is 0. The van der Waals surface area contributed by atoms with Gasteiger partial charge in [-0.05, 0) is 25.0 Å². The highest BCUT2D eigenvalue weighted by atomic mass is 16.3. The van der Waals surface area contributed by atoms with E-state index in [1.807, 2.05) is 30.4 Å². The Hall–Kier alpha value is -1.76. The number of nitrogens with zero attached hydrogens (tertiary/aromatic N) is 5. The van der Waals surface area contributed by atoms with E-state index in [0.29, 0.717) is 0 Å². The van der Waals surface area contributed by atoms with Crippen LogP contribution in [0, 0.1) is 0 Å². The number of aliphatic hydroxyl groups is 1. The van der Waals surface area contributed by atoms with Gasteiger partial charge in [0.15, 0.2) is 0 Å². The fourth-order valence-corrected chi connectivity index (χ4v) is 2.66. The molecule has 6 nitrogen and oxygen atoms in total. The third kappa shape index (κ3) is 3.12. The van der Waals surface area contributed by atoms with Crippen molar-refractivity contribution in [3.05, 3.63) is 37.1 Å². The van der Waals surface area contributed by atoms with Gasteiger partial charge in [0.1, 0.15) is 0 Å². The van der Waals surface area contributed by atoms with Gasteiger partial charge >= 0.3 is 0 Å². The summed E-state index contributed by atoms with van der Waals surface area (Å²) in [5.41, 5.74) is 1.76. The molecule has 0 amide bonds. The maximum Gasteiger partial charge on any atom is 0.203 e. The second-order valence-electron chi connectivity index (χ2n) is 5.38. The maximum absolute atomic E-state index is 10.5. The van der Waals surface area contributed by atoms with E-state index in [-0.39, 0.29) is 0 Å². The van der Waals surface area contributed by atoms with Crippen LogP contribution in [-0.4, -0.2) is 49.8 Å². The highest BCUT2D eigenvalue weighted by Gasteiger charge is 2.22. The van der Waals surface area contributed by atoms with Gasteiger partial charge in [0, 0.05) is 44.3 Å². The van der Waals surface area contributed by atoms with Crippen LogP contribution in [0.3, 0.4) is 0 Å². The van der Waals surface area contributed by atoms with Crippen LogP contribution in [0.5, 0.6) is 0 Å². The van der Waals surface area contributed by atoms with Crippen LogP contribution in [0.25, 0.3) is 11.3 Å². The molecular weight excluding hydrogens is 266 g/mol. The number of rotatable bonds is 4. The van der Waals surface area contributed by atoms with E-state index >= 15 is 0 Å². The number of aromatic nitrogens is 3. The Balaban J connectivity index is 1.73. The first-order valence-electron chi connectivity index (χ1n) is 7.35. The summed E-state index contributed by atoms with van der Waals surface area (Å²) < 4.78 is 1.72. The summed E-state index contributed by atoms with van der Waals surface area (Å²) in [4.78, 5) is 8.45. The summed E-state index contributed by atoms with van der Waals surface area (Å²) in [6, 6.07) is 3.84. The Morgan fingerprint density at radius 3 is 2.81 bits per heavy atom. The first-order valence-corrected chi connectivity index (χ1v) is 7.35. The van der Waals surface area contributed by atoms with Crippen LogP contribution >= 0.6 is 0 Å². The van der Waals surface area contributed by atoms with Crippen molar-refractivity contribution < 1.29 is 5.11 Å². The Morgan fingerprint density at radius 1 is 1.29 bits per heavy atom. The molecule has 1 atom stereocenters. The SMILES string of the molecule is CN(C(O)n1cnc(-c2cccnc2)c1)N1CCCCC1. The van der Waals surface area contributed by atoms with E-state index in [9.17, 15) is 5.11 Å². The van der Waals surface area contributed by atoms with Crippen molar-refractivity contribution in [3.63, 3.8) is 0 Å². The summed E-state index contributed by atoms with van der Waals surface area (Å²) in [7, 11) is 1.92. The smallest absolute Gasteiger partial charge is 0.203 e. The molecular formula is C15H21N5O. The molecule has 21 heavy (non-hydrogen) atoms. The van der Waals surface area contributed by atoms with Crippen molar-refractivity contribution in [1.82, 2.24) is 24.6 Å². The maximum atomic E-state index is 10.5. The lowest BCUT2D eigenvalue weighted by atomic mass is 10.2. The quantitative estimate of drug-likeness (QED) is 0.868. The minimum absolute atomic E-state index is 0.735. The van der Waals surface area contributed by atoms with Crippen molar-refractivity contribution in [3.8, 4) is 11.3 Å². The molecule has 0 aliphatic carbocycles. The molecule has 0 bridgehead atoms. The molecule has 0 radical (unpaired) electrons. The van der Waals surface area contributed by atoms with Gasteiger partial charge in [0.2, 0.25) is 6.35 Å². The van der Waals surface area contributed by atoms with Crippen molar-refractivity contribution in [2.45, 2.75) is 25.6 Å². The first-order chi connectivity index (χ1) is 10.3. The zero-order valence-corrected chi connectivity index (χ0v) is 12.3. The van der Waals surface area contributed by atoms with Crippen LogP contribution in [0.15, 0.2) is 37.1 Å². The van der Waals surface area contributed by atoms with E-state index in [2.05, 4.69) is 15.0 Å². The van der Waals surface area contributed by atoms with Crippen LogP contribution in [0.1, 0.15) is 25.6 Å². The normalized spacial score (nSPS) is 18.0.